The van der Waals surface area contributed by atoms with Gasteiger partial charge in [-0.05, 0) is 87.2 Å². The molecule has 0 aliphatic heterocycles. The van der Waals surface area contributed by atoms with Crippen LogP contribution in [-0.4, -0.2) is 15.9 Å². The van der Waals surface area contributed by atoms with E-state index in [9.17, 15) is 9.90 Å². The fourth-order valence-electron chi connectivity index (χ4n) is 6.75. The number of pyridine rings is 1. The highest BCUT2D eigenvalue weighted by Gasteiger charge is 2.55. The predicted octanol–water partition coefficient (Wildman–Crippen LogP) is 4.89. The van der Waals surface area contributed by atoms with Crippen molar-refractivity contribution in [1.82, 2.24) is 4.98 Å². The maximum absolute atomic E-state index is 13.6. The number of rotatable bonds is 2. The van der Waals surface area contributed by atoms with Gasteiger partial charge >= 0.3 is 0 Å². The van der Waals surface area contributed by atoms with Gasteiger partial charge in [0.2, 0.25) is 0 Å². The first-order chi connectivity index (χ1) is 12.1. The lowest BCUT2D eigenvalue weighted by atomic mass is 9.48. The lowest BCUT2D eigenvalue weighted by molar-refractivity contribution is -0.0351. The summed E-state index contributed by atoms with van der Waals surface area (Å²) in [6.07, 6.45) is 10.4. The molecule has 4 bridgehead atoms. The molecule has 5 aliphatic carbocycles. The molecule has 0 aromatic carbocycles. The van der Waals surface area contributed by atoms with Gasteiger partial charge in [-0.1, -0.05) is 0 Å². The third kappa shape index (κ3) is 1.98. The van der Waals surface area contributed by atoms with E-state index >= 15 is 0 Å². The topological polar surface area (TPSA) is 50.2 Å². The van der Waals surface area contributed by atoms with Gasteiger partial charge in [-0.2, -0.15) is 0 Å². The summed E-state index contributed by atoms with van der Waals surface area (Å²) >= 11 is 1.44. The van der Waals surface area contributed by atoms with Gasteiger partial charge in [0.15, 0.2) is 5.78 Å². The lowest BCUT2D eigenvalue weighted by Crippen LogP contribution is -2.49. The van der Waals surface area contributed by atoms with Crippen LogP contribution in [0.15, 0.2) is 6.07 Å². The third-order valence-corrected chi connectivity index (χ3v) is 8.50. The average Bonchev–Trinajstić information content (AvgIpc) is 3.15. The van der Waals surface area contributed by atoms with Crippen LogP contribution in [0.2, 0.25) is 0 Å². The molecule has 3 nitrogen and oxygen atoms in total. The Morgan fingerprint density at radius 2 is 1.80 bits per heavy atom. The Hall–Kier alpha value is -1.42. The second kappa shape index (κ2) is 4.85. The standard InChI is InChI=1S/C21H23NO2S/c23-17-15-7-14-2-1-3-16(14)22-20(15)25-18(17)19(24)21-8-11-4-12(9-21)6-13(5-11)10-21/h7,11-13,23H,1-6,8-10H2. The van der Waals surface area contributed by atoms with Crippen molar-refractivity contribution in [2.75, 3.05) is 0 Å². The molecule has 2 aromatic heterocycles. The van der Waals surface area contributed by atoms with E-state index < -0.39 is 0 Å². The van der Waals surface area contributed by atoms with Gasteiger partial charge in [0.05, 0.1) is 5.39 Å². The molecule has 0 spiro atoms. The van der Waals surface area contributed by atoms with Crippen LogP contribution in [0.1, 0.15) is 65.9 Å². The zero-order valence-electron chi connectivity index (χ0n) is 14.4. The second-order valence-corrected chi connectivity index (χ2v) is 10.1. The van der Waals surface area contributed by atoms with E-state index in [2.05, 4.69) is 6.07 Å². The SMILES string of the molecule is O=C(c1sc2nc3c(cc2c1O)CCC3)C12CC3CC(CC(C3)C1)C2. The van der Waals surface area contributed by atoms with Gasteiger partial charge in [0.1, 0.15) is 15.5 Å². The van der Waals surface area contributed by atoms with E-state index in [4.69, 9.17) is 4.98 Å². The van der Waals surface area contributed by atoms with Crippen molar-refractivity contribution >= 4 is 27.3 Å². The van der Waals surface area contributed by atoms with Gasteiger partial charge < -0.3 is 5.11 Å². The Balaban J connectivity index is 1.45. The summed E-state index contributed by atoms with van der Waals surface area (Å²) in [5.41, 5.74) is 2.24. The first-order valence-corrected chi connectivity index (χ1v) is 10.6. The fraction of sp³-hybridized carbons (Fsp3) is 0.619. The van der Waals surface area contributed by atoms with Crippen molar-refractivity contribution in [3.63, 3.8) is 0 Å². The Labute approximate surface area is 151 Å². The molecule has 5 aliphatic rings. The molecule has 4 saturated carbocycles. The number of Topliss-reactive ketones (excluding diaryl/α,β-unsaturated/α-hetero) is 1. The highest BCUT2D eigenvalue weighted by atomic mass is 32.1. The van der Waals surface area contributed by atoms with Crippen LogP contribution in [0.5, 0.6) is 5.75 Å². The minimum absolute atomic E-state index is 0.185. The minimum Gasteiger partial charge on any atom is -0.506 e. The van der Waals surface area contributed by atoms with Crippen molar-refractivity contribution in [2.24, 2.45) is 23.2 Å². The number of ketones is 1. The van der Waals surface area contributed by atoms with E-state index in [-0.39, 0.29) is 16.9 Å². The number of thiophene rings is 1. The number of carbonyl (C=O) groups excluding carboxylic acids is 1. The molecule has 0 saturated heterocycles. The second-order valence-electron chi connectivity index (χ2n) is 9.11. The molecule has 0 atom stereocenters. The minimum atomic E-state index is -0.185. The molecule has 0 unspecified atom stereocenters. The maximum Gasteiger partial charge on any atom is 0.182 e. The van der Waals surface area contributed by atoms with E-state index in [0.717, 1.165) is 66.5 Å². The van der Waals surface area contributed by atoms with E-state index in [1.54, 1.807) is 0 Å². The van der Waals surface area contributed by atoms with Crippen LogP contribution >= 0.6 is 11.3 Å². The molecule has 2 aromatic rings. The van der Waals surface area contributed by atoms with Crippen molar-refractivity contribution in [3.05, 3.63) is 22.2 Å². The third-order valence-electron chi connectivity index (χ3n) is 7.41. The number of carbonyl (C=O) groups is 1. The Kier molecular flexibility index (Phi) is 2.85. The molecule has 25 heavy (non-hydrogen) atoms. The van der Waals surface area contributed by atoms with Gasteiger partial charge in [0, 0.05) is 11.1 Å². The van der Waals surface area contributed by atoms with Crippen molar-refractivity contribution in [2.45, 2.75) is 57.8 Å². The Morgan fingerprint density at radius 1 is 1.12 bits per heavy atom. The molecular weight excluding hydrogens is 330 g/mol. The Morgan fingerprint density at radius 3 is 2.48 bits per heavy atom. The summed E-state index contributed by atoms with van der Waals surface area (Å²) in [5, 5.41) is 11.6. The fourth-order valence-corrected chi connectivity index (χ4v) is 7.88. The molecule has 4 heteroatoms. The highest BCUT2D eigenvalue weighted by Crippen LogP contribution is 2.61. The van der Waals surface area contributed by atoms with E-state index in [1.807, 2.05) is 0 Å². The van der Waals surface area contributed by atoms with Crippen LogP contribution in [0.3, 0.4) is 0 Å². The van der Waals surface area contributed by atoms with Crippen LogP contribution in [0.4, 0.5) is 0 Å². The molecule has 4 fully saturated rings. The predicted molar refractivity (Wildman–Crippen MR) is 98.2 cm³/mol. The number of hydrogen-bond donors (Lipinski definition) is 1. The zero-order valence-corrected chi connectivity index (χ0v) is 15.2. The molecule has 0 amide bonds. The summed E-state index contributed by atoms with van der Waals surface area (Å²) < 4.78 is 0. The molecular formula is C21H23NO2S. The van der Waals surface area contributed by atoms with Crippen molar-refractivity contribution in [3.8, 4) is 5.75 Å². The Bertz CT molecular complexity index is 877. The van der Waals surface area contributed by atoms with Crippen LogP contribution in [-0.2, 0) is 12.8 Å². The van der Waals surface area contributed by atoms with E-state index in [1.165, 1.54) is 41.9 Å². The highest BCUT2D eigenvalue weighted by molar-refractivity contribution is 7.21. The van der Waals surface area contributed by atoms with Crippen molar-refractivity contribution < 1.29 is 9.90 Å². The lowest BCUT2D eigenvalue weighted by Gasteiger charge is -2.55. The quantitative estimate of drug-likeness (QED) is 0.782. The molecule has 1 N–H and O–H groups in total. The van der Waals surface area contributed by atoms with Crippen LogP contribution in [0.25, 0.3) is 10.2 Å². The monoisotopic (exact) mass is 353 g/mol. The van der Waals surface area contributed by atoms with E-state index in [0.29, 0.717) is 4.88 Å². The number of aromatic nitrogens is 1. The average molecular weight is 353 g/mol. The van der Waals surface area contributed by atoms with Crippen LogP contribution < -0.4 is 0 Å². The number of aryl methyl sites for hydroxylation is 2. The summed E-state index contributed by atoms with van der Waals surface area (Å²) in [4.78, 5) is 19.8. The molecule has 0 radical (unpaired) electrons. The number of nitrogens with zero attached hydrogens (tertiary/aromatic N) is 1. The van der Waals surface area contributed by atoms with Gasteiger partial charge in [-0.15, -0.1) is 11.3 Å². The summed E-state index contributed by atoms with van der Waals surface area (Å²) in [5.74, 6) is 2.67. The summed E-state index contributed by atoms with van der Waals surface area (Å²) in [6.45, 7) is 0. The number of fused-ring (bicyclic) bond motifs is 2. The first kappa shape index (κ1) is 14.7. The largest absolute Gasteiger partial charge is 0.506 e. The molecule has 2 heterocycles. The number of aromatic hydroxyl groups is 1. The molecule has 7 rings (SSSR count). The normalized spacial score (nSPS) is 35.4. The van der Waals surface area contributed by atoms with Gasteiger partial charge in [-0.3, -0.25) is 4.79 Å². The smallest absolute Gasteiger partial charge is 0.182 e. The summed E-state index contributed by atoms with van der Waals surface area (Å²) in [7, 11) is 0. The van der Waals surface area contributed by atoms with Gasteiger partial charge in [-0.25, -0.2) is 4.98 Å². The van der Waals surface area contributed by atoms with Gasteiger partial charge in [0.25, 0.3) is 0 Å². The first-order valence-electron chi connectivity index (χ1n) is 9.80. The summed E-state index contributed by atoms with van der Waals surface area (Å²) in [6, 6.07) is 2.09. The maximum atomic E-state index is 13.6. The van der Waals surface area contributed by atoms with Crippen LogP contribution in [0, 0.1) is 23.2 Å². The zero-order chi connectivity index (χ0) is 16.8. The van der Waals surface area contributed by atoms with Crippen molar-refractivity contribution in [1.29, 1.82) is 0 Å². The number of hydrogen-bond acceptors (Lipinski definition) is 4. The molecule has 130 valence electrons.